The Morgan fingerprint density at radius 3 is 2.28 bits per heavy atom. The van der Waals surface area contributed by atoms with Gasteiger partial charge < -0.3 is 9.64 Å². The number of carbonyl (C=O) groups excluding carboxylic acids is 2. The van der Waals surface area contributed by atoms with Crippen LogP contribution >= 0.6 is 0 Å². The zero-order valence-corrected chi connectivity index (χ0v) is 16.7. The van der Waals surface area contributed by atoms with Crippen LogP contribution < -0.4 is 5.56 Å². The molecule has 0 unspecified atom stereocenters. The minimum absolute atomic E-state index is 0.133. The van der Waals surface area contributed by atoms with Crippen molar-refractivity contribution >= 4 is 22.6 Å². The summed E-state index contributed by atoms with van der Waals surface area (Å²) >= 11 is 0. The van der Waals surface area contributed by atoms with Gasteiger partial charge in [0.1, 0.15) is 6.54 Å². The largest absolute Gasteiger partial charge is 0.468 e. The third kappa shape index (κ3) is 4.34. The van der Waals surface area contributed by atoms with Crippen LogP contribution in [-0.4, -0.2) is 46.3 Å². The normalized spacial score (nSPS) is 10.9. The molecule has 150 valence electrons. The predicted molar refractivity (Wildman–Crippen MR) is 110 cm³/mol. The van der Waals surface area contributed by atoms with Gasteiger partial charge in [-0.1, -0.05) is 48.5 Å². The highest BCUT2D eigenvalue weighted by atomic mass is 16.5. The van der Waals surface area contributed by atoms with Gasteiger partial charge in [0.2, 0.25) is 0 Å². The third-order valence-corrected chi connectivity index (χ3v) is 4.66. The Bertz CT molecular complexity index is 1090. The number of nitrogens with zero attached hydrogens (tertiary/aromatic N) is 3. The first-order valence-electron chi connectivity index (χ1n) is 9.34. The molecule has 7 heteroatoms. The Kier molecular flexibility index (Phi) is 6.07. The Balaban J connectivity index is 2.13. The summed E-state index contributed by atoms with van der Waals surface area (Å²) in [7, 11) is 1.28. The summed E-state index contributed by atoms with van der Waals surface area (Å²) in [4.78, 5) is 39.4. The minimum Gasteiger partial charge on any atom is -0.468 e. The number of rotatable bonds is 6. The number of ether oxygens (including phenoxy) is 1. The van der Waals surface area contributed by atoms with Crippen molar-refractivity contribution in [1.82, 2.24) is 14.7 Å². The topological polar surface area (TPSA) is 81.5 Å². The van der Waals surface area contributed by atoms with E-state index in [1.807, 2.05) is 44.2 Å². The van der Waals surface area contributed by atoms with E-state index < -0.39 is 11.9 Å². The van der Waals surface area contributed by atoms with Crippen molar-refractivity contribution < 1.29 is 14.3 Å². The quantitative estimate of drug-likeness (QED) is 0.601. The van der Waals surface area contributed by atoms with Crippen molar-refractivity contribution in [3.63, 3.8) is 0 Å². The number of amides is 1. The number of benzene rings is 2. The van der Waals surface area contributed by atoms with Crippen LogP contribution in [0.4, 0.5) is 0 Å². The molecule has 0 N–H and O–H groups in total. The molecule has 3 rings (SSSR count). The lowest BCUT2D eigenvalue weighted by molar-refractivity contribution is -0.141. The summed E-state index contributed by atoms with van der Waals surface area (Å²) < 4.78 is 6.01. The maximum Gasteiger partial charge on any atom is 0.325 e. The molecule has 3 aromatic rings. The van der Waals surface area contributed by atoms with E-state index >= 15 is 0 Å². The van der Waals surface area contributed by atoms with Gasteiger partial charge >= 0.3 is 5.97 Å². The fraction of sp³-hybridized carbons (Fsp3) is 0.273. The van der Waals surface area contributed by atoms with Crippen LogP contribution in [0.2, 0.25) is 0 Å². The highest BCUT2D eigenvalue weighted by Crippen LogP contribution is 2.17. The first-order valence-corrected chi connectivity index (χ1v) is 9.34. The molecule has 0 saturated carbocycles. The van der Waals surface area contributed by atoms with Crippen molar-refractivity contribution in [3.8, 4) is 0 Å². The third-order valence-electron chi connectivity index (χ3n) is 4.66. The Hall–Kier alpha value is -3.48. The van der Waals surface area contributed by atoms with Gasteiger partial charge in [0.25, 0.3) is 11.5 Å². The molecule has 29 heavy (non-hydrogen) atoms. The Labute approximate surface area is 168 Å². The highest BCUT2D eigenvalue weighted by Gasteiger charge is 2.26. The fourth-order valence-corrected chi connectivity index (χ4v) is 3.09. The molecule has 0 spiro atoms. The molecule has 0 atom stereocenters. The van der Waals surface area contributed by atoms with Gasteiger partial charge in [0.05, 0.1) is 19.0 Å². The molecule has 1 amide bonds. The van der Waals surface area contributed by atoms with Crippen LogP contribution in [0.1, 0.15) is 29.9 Å². The zero-order chi connectivity index (χ0) is 21.0. The molecule has 1 heterocycles. The molecule has 2 aromatic carbocycles. The molecule has 0 fully saturated rings. The lowest BCUT2D eigenvalue weighted by Crippen LogP contribution is -2.42. The molecule has 0 aliphatic heterocycles. The van der Waals surface area contributed by atoms with E-state index in [1.165, 1.54) is 16.7 Å². The molecule has 0 aliphatic rings. The number of esters is 1. The van der Waals surface area contributed by atoms with Crippen molar-refractivity contribution in [3.05, 3.63) is 76.2 Å². The van der Waals surface area contributed by atoms with Gasteiger partial charge in [-0.3, -0.25) is 14.4 Å². The van der Waals surface area contributed by atoms with Gasteiger partial charge in [-0.15, -0.1) is 0 Å². The SMILES string of the molecule is COC(=O)CN(C(=O)c1nn(Cc2ccccc2)c(=O)c2ccccc12)C(C)C. The van der Waals surface area contributed by atoms with E-state index in [2.05, 4.69) is 5.10 Å². The molecule has 7 nitrogen and oxygen atoms in total. The van der Waals surface area contributed by atoms with Crippen molar-refractivity contribution in [1.29, 1.82) is 0 Å². The standard InChI is InChI=1S/C22H23N3O4/c1-15(2)24(14-19(26)29-3)22(28)20-17-11-7-8-12-18(17)21(27)25(23-20)13-16-9-5-4-6-10-16/h4-12,15H,13-14H2,1-3H3. The van der Waals surface area contributed by atoms with Crippen LogP contribution in [0.3, 0.4) is 0 Å². The van der Waals surface area contributed by atoms with E-state index in [0.717, 1.165) is 5.56 Å². The van der Waals surface area contributed by atoms with Gasteiger partial charge in [-0.25, -0.2) is 4.68 Å². The van der Waals surface area contributed by atoms with Crippen LogP contribution in [0.25, 0.3) is 10.8 Å². The van der Waals surface area contributed by atoms with Crippen LogP contribution in [0, 0.1) is 0 Å². The summed E-state index contributed by atoms with van der Waals surface area (Å²) in [5, 5.41) is 5.26. The average Bonchev–Trinajstić information content (AvgIpc) is 2.74. The number of hydrogen-bond acceptors (Lipinski definition) is 5. The first kappa shape index (κ1) is 20.3. The minimum atomic E-state index is -0.519. The number of methoxy groups -OCH3 is 1. The van der Waals surface area contributed by atoms with Crippen molar-refractivity contribution in [2.24, 2.45) is 0 Å². The summed E-state index contributed by atoms with van der Waals surface area (Å²) in [5.74, 6) is -0.947. The van der Waals surface area contributed by atoms with Gasteiger partial charge in [0.15, 0.2) is 5.69 Å². The molecular formula is C22H23N3O4. The molecule has 0 aliphatic carbocycles. The van der Waals surface area contributed by atoms with Crippen molar-refractivity contribution in [2.75, 3.05) is 13.7 Å². The number of aromatic nitrogens is 2. The molecule has 0 saturated heterocycles. The average molecular weight is 393 g/mol. The van der Waals surface area contributed by atoms with E-state index in [-0.39, 0.29) is 30.4 Å². The Morgan fingerprint density at radius 2 is 1.66 bits per heavy atom. The predicted octanol–water partition coefficient (Wildman–Crippen LogP) is 2.47. The van der Waals surface area contributed by atoms with E-state index in [0.29, 0.717) is 10.8 Å². The fourth-order valence-electron chi connectivity index (χ4n) is 3.09. The van der Waals surface area contributed by atoms with Crippen LogP contribution in [-0.2, 0) is 16.1 Å². The van der Waals surface area contributed by atoms with E-state index in [9.17, 15) is 14.4 Å². The summed E-state index contributed by atoms with van der Waals surface area (Å²) in [6, 6.07) is 16.1. The number of fused-ring (bicyclic) bond motifs is 1. The second-order valence-electron chi connectivity index (χ2n) is 6.95. The smallest absolute Gasteiger partial charge is 0.325 e. The lowest BCUT2D eigenvalue weighted by Gasteiger charge is -2.25. The lowest BCUT2D eigenvalue weighted by atomic mass is 10.1. The molecule has 0 radical (unpaired) electrons. The van der Waals surface area contributed by atoms with E-state index in [1.54, 1.807) is 24.3 Å². The van der Waals surface area contributed by atoms with E-state index in [4.69, 9.17) is 4.74 Å². The Morgan fingerprint density at radius 1 is 1.03 bits per heavy atom. The number of hydrogen-bond donors (Lipinski definition) is 0. The van der Waals surface area contributed by atoms with Gasteiger partial charge in [-0.05, 0) is 25.5 Å². The van der Waals surface area contributed by atoms with Gasteiger partial charge in [-0.2, -0.15) is 5.10 Å². The van der Waals surface area contributed by atoms with Crippen LogP contribution in [0.5, 0.6) is 0 Å². The molecule has 1 aromatic heterocycles. The highest BCUT2D eigenvalue weighted by molar-refractivity contribution is 6.05. The number of carbonyl (C=O) groups is 2. The second kappa shape index (κ2) is 8.68. The molecular weight excluding hydrogens is 370 g/mol. The summed E-state index contributed by atoms with van der Waals surface area (Å²) in [6.45, 7) is 3.66. The zero-order valence-electron chi connectivity index (χ0n) is 16.7. The second-order valence-corrected chi connectivity index (χ2v) is 6.95. The van der Waals surface area contributed by atoms with Crippen molar-refractivity contribution in [2.45, 2.75) is 26.4 Å². The summed E-state index contributed by atoms with van der Waals surface area (Å²) in [6.07, 6.45) is 0. The maximum absolute atomic E-state index is 13.3. The maximum atomic E-state index is 13.3. The monoisotopic (exact) mass is 393 g/mol. The first-order chi connectivity index (χ1) is 13.9. The summed E-state index contributed by atoms with van der Waals surface area (Å²) in [5.41, 5.74) is 0.754. The van der Waals surface area contributed by atoms with Gasteiger partial charge in [0, 0.05) is 11.4 Å². The molecule has 0 bridgehead atoms. The van der Waals surface area contributed by atoms with Crippen LogP contribution in [0.15, 0.2) is 59.4 Å².